The number of hydrogen-bond acceptors (Lipinski definition) is 10. The molecule has 2 aliphatic rings. The predicted molar refractivity (Wildman–Crippen MR) is 177 cm³/mol. The Bertz CT molecular complexity index is 1490. The molecule has 2 aliphatic heterocycles. The van der Waals surface area contributed by atoms with Crippen molar-refractivity contribution in [1.82, 2.24) is 14.0 Å². The summed E-state index contributed by atoms with van der Waals surface area (Å²) < 4.78 is 54.6. The van der Waals surface area contributed by atoms with Gasteiger partial charge in [-0.2, -0.15) is 8.42 Å². The Balaban J connectivity index is 2.27. The molecule has 4 atom stereocenters. The molecule has 1 spiro atoms. The van der Waals surface area contributed by atoms with Crippen molar-refractivity contribution in [3.63, 3.8) is 0 Å². The van der Waals surface area contributed by atoms with Crippen LogP contribution in [0.4, 0.5) is 0 Å². The Morgan fingerprint density at radius 1 is 1.05 bits per heavy atom. The zero-order valence-electron chi connectivity index (χ0n) is 28.8. The topological polar surface area (TPSA) is 144 Å². The number of nitrogens with two attached hydrogens (primary N) is 1. The molecular formula is C29H54N4O8SSi2. The molecule has 3 rings (SSSR count). The Morgan fingerprint density at radius 2 is 1.61 bits per heavy atom. The van der Waals surface area contributed by atoms with Gasteiger partial charge in [-0.05, 0) is 70.2 Å². The average molecular weight is 675 g/mol. The fourth-order valence-electron chi connectivity index (χ4n) is 4.90. The van der Waals surface area contributed by atoms with Crippen molar-refractivity contribution < 1.29 is 26.2 Å². The zero-order valence-corrected chi connectivity index (χ0v) is 31.6. The molecule has 0 aromatic carbocycles. The maximum absolute atomic E-state index is 14.0. The van der Waals surface area contributed by atoms with Crippen molar-refractivity contribution in [3.05, 3.63) is 43.7 Å². The molecule has 3 heterocycles. The number of nitrogens with zero attached hydrogens (tertiary/aromatic N) is 3. The fourth-order valence-corrected chi connectivity index (χ4v) is 8.40. The lowest BCUT2D eigenvalue weighted by Crippen LogP contribution is -2.59. The summed E-state index contributed by atoms with van der Waals surface area (Å²) in [5.74, 6) is 0. The van der Waals surface area contributed by atoms with E-state index in [1.807, 2.05) is 32.1 Å². The van der Waals surface area contributed by atoms with E-state index in [-0.39, 0.29) is 28.9 Å². The zero-order chi connectivity index (χ0) is 33.8. The van der Waals surface area contributed by atoms with E-state index in [9.17, 15) is 18.0 Å². The number of rotatable bonds is 10. The first kappa shape index (κ1) is 36.9. The summed E-state index contributed by atoms with van der Waals surface area (Å²) >= 11 is 0. The van der Waals surface area contributed by atoms with Crippen LogP contribution in [0.5, 0.6) is 0 Å². The fraction of sp³-hybridized carbons (Fsp3) is 0.793. The monoisotopic (exact) mass is 674 g/mol. The third-order valence-electron chi connectivity index (χ3n) is 9.70. The van der Waals surface area contributed by atoms with Crippen LogP contribution in [0.2, 0.25) is 36.3 Å². The molecule has 1 fully saturated rings. The Morgan fingerprint density at radius 3 is 2.09 bits per heavy atom. The van der Waals surface area contributed by atoms with Crippen molar-refractivity contribution in [3.8, 4) is 0 Å². The second kappa shape index (κ2) is 12.2. The molecule has 0 unspecified atom stereocenters. The molecule has 12 nitrogen and oxygen atoms in total. The summed E-state index contributed by atoms with van der Waals surface area (Å²) in [5, 5.41) is 0.460. The van der Waals surface area contributed by atoms with Gasteiger partial charge < -0.3 is 24.2 Å². The second-order valence-electron chi connectivity index (χ2n) is 15.4. The smallest absolute Gasteiger partial charge is 0.333 e. The lowest BCUT2D eigenvalue weighted by atomic mass is 9.89. The van der Waals surface area contributed by atoms with Crippen molar-refractivity contribution in [2.45, 2.75) is 122 Å². The van der Waals surface area contributed by atoms with Crippen molar-refractivity contribution >= 4 is 26.8 Å². The molecule has 1 aromatic rings. The van der Waals surface area contributed by atoms with Crippen LogP contribution in [0.25, 0.3) is 0 Å². The van der Waals surface area contributed by atoms with Gasteiger partial charge in [-0.15, -0.1) is 0 Å². The van der Waals surface area contributed by atoms with Gasteiger partial charge in [-0.3, -0.25) is 13.9 Å². The lowest BCUT2D eigenvalue weighted by Gasteiger charge is -2.43. The van der Waals surface area contributed by atoms with Crippen LogP contribution in [0, 0.1) is 6.92 Å². The van der Waals surface area contributed by atoms with Gasteiger partial charge in [-0.25, -0.2) is 8.98 Å². The van der Waals surface area contributed by atoms with Gasteiger partial charge in [0.15, 0.2) is 28.5 Å². The first-order valence-electron chi connectivity index (χ1n) is 15.2. The van der Waals surface area contributed by atoms with Crippen LogP contribution >= 0.6 is 0 Å². The van der Waals surface area contributed by atoms with Crippen molar-refractivity contribution in [2.75, 3.05) is 27.2 Å². The first-order valence-corrected chi connectivity index (χ1v) is 22.4. The van der Waals surface area contributed by atoms with E-state index in [4.69, 9.17) is 23.5 Å². The minimum Gasteiger partial charge on any atom is -0.414 e. The summed E-state index contributed by atoms with van der Waals surface area (Å²) in [5.41, 5.74) is 4.06. The van der Waals surface area contributed by atoms with Crippen LogP contribution < -0.4 is 17.0 Å². The number of ether oxygens (including phenoxy) is 1. The molecule has 252 valence electrons. The highest BCUT2D eigenvalue weighted by Gasteiger charge is 2.67. The van der Waals surface area contributed by atoms with Crippen molar-refractivity contribution in [1.29, 1.82) is 0 Å². The summed E-state index contributed by atoms with van der Waals surface area (Å²) in [6.07, 6.45) is -1.32. The standard InChI is InChI=1S/C29H54N4O8SSi2/c1-20-17-33(26(35)32(24(20)34)16-14-15-31(8)9)25-23(40-44(12,13)28(5,6)7)29(21(30)19-42(36,37)41-29)22(39-25)18-38-43(10,11)27(2,3)4/h17,19,22-23,25H,14-16,18,30H2,1-13H3/t22-,23+,25-,29-/m1/s1. The highest BCUT2D eigenvalue weighted by atomic mass is 32.2. The minimum atomic E-state index is -4.21. The second-order valence-corrected chi connectivity index (χ2v) is 26.4. The van der Waals surface area contributed by atoms with Crippen molar-refractivity contribution in [2.24, 2.45) is 5.73 Å². The Kier molecular flexibility index (Phi) is 10.2. The van der Waals surface area contributed by atoms with E-state index in [1.54, 1.807) is 6.92 Å². The van der Waals surface area contributed by atoms with Crippen LogP contribution in [0.3, 0.4) is 0 Å². The van der Waals surface area contributed by atoms with Crippen LogP contribution in [0.15, 0.2) is 26.9 Å². The summed E-state index contributed by atoms with van der Waals surface area (Å²) in [6, 6.07) is 0. The van der Waals surface area contributed by atoms with Gasteiger partial charge in [0, 0.05) is 18.3 Å². The van der Waals surface area contributed by atoms with E-state index in [1.165, 1.54) is 15.3 Å². The predicted octanol–water partition coefficient (Wildman–Crippen LogP) is 3.48. The molecule has 0 radical (unpaired) electrons. The molecule has 2 N–H and O–H groups in total. The lowest BCUT2D eigenvalue weighted by molar-refractivity contribution is -0.0567. The third-order valence-corrected chi connectivity index (χ3v) is 19.7. The highest BCUT2D eigenvalue weighted by molar-refractivity contribution is 7.90. The Hall–Kier alpha value is -1.60. The highest BCUT2D eigenvalue weighted by Crippen LogP contribution is 2.52. The molecule has 0 amide bonds. The van der Waals surface area contributed by atoms with Gasteiger partial charge in [0.05, 0.1) is 17.7 Å². The molecule has 1 aromatic heterocycles. The quantitative estimate of drug-likeness (QED) is 0.289. The van der Waals surface area contributed by atoms with E-state index >= 15 is 0 Å². The van der Waals surface area contributed by atoms with E-state index in [0.717, 1.165) is 5.41 Å². The summed E-state index contributed by atoms with van der Waals surface area (Å²) in [6.45, 7) is 23.2. The molecule has 0 saturated carbocycles. The number of hydrogen-bond donors (Lipinski definition) is 1. The maximum Gasteiger partial charge on any atom is 0.333 e. The summed E-state index contributed by atoms with van der Waals surface area (Å²) in [4.78, 5) is 29.2. The molecule has 1 saturated heterocycles. The largest absolute Gasteiger partial charge is 0.414 e. The average Bonchev–Trinajstić information content (AvgIpc) is 3.27. The molecular weight excluding hydrogens is 621 g/mol. The van der Waals surface area contributed by atoms with E-state index in [0.29, 0.717) is 18.5 Å². The number of aromatic nitrogens is 2. The van der Waals surface area contributed by atoms with E-state index in [2.05, 4.69) is 54.6 Å². The van der Waals surface area contributed by atoms with Gasteiger partial charge >= 0.3 is 5.69 Å². The van der Waals surface area contributed by atoms with Crippen LogP contribution in [-0.4, -0.2) is 84.1 Å². The van der Waals surface area contributed by atoms with E-state index < -0.39 is 62.0 Å². The molecule has 44 heavy (non-hydrogen) atoms. The van der Waals surface area contributed by atoms with Gasteiger partial charge in [0.2, 0.25) is 0 Å². The Labute approximate surface area is 264 Å². The molecule has 15 heteroatoms. The maximum atomic E-state index is 14.0. The normalized spacial score (nSPS) is 26.1. The number of aryl methyl sites for hydroxylation is 1. The minimum absolute atomic E-state index is 0.0371. The van der Waals surface area contributed by atoms with Gasteiger partial charge in [0.25, 0.3) is 15.7 Å². The van der Waals surface area contributed by atoms with Crippen LogP contribution in [0.1, 0.15) is 59.8 Å². The third kappa shape index (κ3) is 7.04. The van der Waals surface area contributed by atoms with Gasteiger partial charge in [-0.1, -0.05) is 41.5 Å². The molecule has 0 aliphatic carbocycles. The SMILES string of the molecule is Cc1cn([C@@H]2O[C@H](CO[Si](C)(C)C(C)(C)C)[C@@]3(OS(=O)(=O)C=C3N)[C@H]2O[Si](C)(C)C(C)(C)C)c(=O)n(CCCN(C)C)c1=O. The van der Waals surface area contributed by atoms with Crippen LogP contribution in [-0.2, 0) is 34.4 Å². The van der Waals surface area contributed by atoms with Gasteiger partial charge in [0.1, 0.15) is 12.2 Å². The molecule has 0 bridgehead atoms. The summed E-state index contributed by atoms with van der Waals surface area (Å²) in [7, 11) is -5.40. The first-order chi connectivity index (χ1) is 19.8.